The van der Waals surface area contributed by atoms with E-state index in [1.54, 1.807) is 0 Å². The van der Waals surface area contributed by atoms with Crippen molar-refractivity contribution in [3.8, 4) is 0 Å². The van der Waals surface area contributed by atoms with Crippen molar-refractivity contribution in [1.82, 2.24) is 4.98 Å². The fourth-order valence-corrected chi connectivity index (χ4v) is 2.01. The van der Waals surface area contributed by atoms with E-state index in [2.05, 4.69) is 26.2 Å². The second kappa shape index (κ2) is 4.22. The minimum atomic E-state index is 0.504. The molecule has 1 aromatic heterocycles. The van der Waals surface area contributed by atoms with Gasteiger partial charge in [-0.1, -0.05) is 34.1 Å². The minimum Gasteiger partial charge on any atom is -0.423 e. The number of rotatable bonds is 2. The molecule has 0 amide bonds. The predicted octanol–water partition coefficient (Wildman–Crippen LogP) is 4.33. The summed E-state index contributed by atoms with van der Waals surface area (Å²) in [6.45, 7) is 0. The number of benzene rings is 2. The molecule has 0 unspecified atom stereocenters. The molecule has 84 valence electrons. The molecule has 1 N–H and O–H groups in total. The van der Waals surface area contributed by atoms with Crippen molar-refractivity contribution in [3.05, 3.63) is 53.0 Å². The lowest BCUT2D eigenvalue weighted by atomic mass is 10.3. The molecule has 0 atom stereocenters. The van der Waals surface area contributed by atoms with Gasteiger partial charge in [0.1, 0.15) is 5.52 Å². The largest absolute Gasteiger partial charge is 0.423 e. The summed E-state index contributed by atoms with van der Waals surface area (Å²) in [6.07, 6.45) is 0. The number of aromatic nitrogens is 1. The smallest absolute Gasteiger partial charge is 0.300 e. The summed E-state index contributed by atoms with van der Waals surface area (Å²) in [7, 11) is 0. The summed E-state index contributed by atoms with van der Waals surface area (Å²) in [4.78, 5) is 4.34. The van der Waals surface area contributed by atoms with E-state index in [1.807, 2.05) is 48.5 Å². The Morgan fingerprint density at radius 3 is 2.76 bits per heavy atom. The molecule has 0 aliphatic rings. The Balaban J connectivity index is 1.94. The Hall–Kier alpha value is -1.81. The molecule has 0 fully saturated rings. The molecular formula is C13H9BrN2O. The highest BCUT2D eigenvalue weighted by Gasteiger charge is 2.04. The van der Waals surface area contributed by atoms with Gasteiger partial charge < -0.3 is 9.73 Å². The van der Waals surface area contributed by atoms with Gasteiger partial charge in [-0.15, -0.1) is 0 Å². The molecule has 0 aliphatic heterocycles. The van der Waals surface area contributed by atoms with Crippen LogP contribution in [-0.2, 0) is 0 Å². The first-order valence-electron chi connectivity index (χ1n) is 5.19. The number of hydrogen-bond acceptors (Lipinski definition) is 3. The first-order chi connectivity index (χ1) is 8.31. The van der Waals surface area contributed by atoms with Crippen LogP contribution in [0.1, 0.15) is 0 Å². The normalized spacial score (nSPS) is 10.6. The number of oxazole rings is 1. The van der Waals surface area contributed by atoms with Crippen LogP contribution >= 0.6 is 15.9 Å². The maximum Gasteiger partial charge on any atom is 0.300 e. The highest BCUT2D eigenvalue weighted by Crippen LogP contribution is 2.23. The summed E-state index contributed by atoms with van der Waals surface area (Å²) >= 11 is 3.42. The van der Waals surface area contributed by atoms with Crippen LogP contribution in [0.4, 0.5) is 11.7 Å². The van der Waals surface area contributed by atoms with E-state index in [0.29, 0.717) is 6.01 Å². The number of nitrogens with zero attached hydrogens (tertiary/aromatic N) is 1. The van der Waals surface area contributed by atoms with Crippen molar-refractivity contribution >= 4 is 38.7 Å². The minimum absolute atomic E-state index is 0.504. The molecule has 0 radical (unpaired) electrons. The number of halogens is 1. The summed E-state index contributed by atoms with van der Waals surface area (Å²) in [5.41, 5.74) is 2.57. The van der Waals surface area contributed by atoms with Gasteiger partial charge in [-0.25, -0.2) is 0 Å². The molecule has 1 heterocycles. The molecule has 0 spiro atoms. The van der Waals surface area contributed by atoms with E-state index in [4.69, 9.17) is 4.42 Å². The lowest BCUT2D eigenvalue weighted by Crippen LogP contribution is -1.89. The van der Waals surface area contributed by atoms with Gasteiger partial charge in [0.2, 0.25) is 0 Å². The van der Waals surface area contributed by atoms with E-state index >= 15 is 0 Å². The molecule has 0 aliphatic carbocycles. The monoisotopic (exact) mass is 288 g/mol. The van der Waals surface area contributed by atoms with Crippen LogP contribution < -0.4 is 5.32 Å². The van der Waals surface area contributed by atoms with Crippen LogP contribution in [0.25, 0.3) is 11.1 Å². The third-order valence-electron chi connectivity index (χ3n) is 2.37. The van der Waals surface area contributed by atoms with E-state index < -0.39 is 0 Å². The van der Waals surface area contributed by atoms with E-state index in [1.165, 1.54) is 0 Å². The SMILES string of the molecule is Brc1cccc(Nc2nc3ccccc3o2)c1. The predicted molar refractivity (Wildman–Crippen MR) is 71.4 cm³/mol. The fraction of sp³-hybridized carbons (Fsp3) is 0. The zero-order chi connectivity index (χ0) is 11.7. The van der Waals surface area contributed by atoms with Crippen LogP contribution in [-0.4, -0.2) is 4.98 Å². The zero-order valence-electron chi connectivity index (χ0n) is 8.85. The number of hydrogen-bond donors (Lipinski definition) is 1. The molecule has 0 saturated carbocycles. The third-order valence-corrected chi connectivity index (χ3v) is 2.86. The van der Waals surface area contributed by atoms with E-state index in [0.717, 1.165) is 21.3 Å². The van der Waals surface area contributed by atoms with E-state index in [-0.39, 0.29) is 0 Å². The summed E-state index contributed by atoms with van der Waals surface area (Å²) in [5.74, 6) is 0. The Labute approximate surface area is 107 Å². The van der Waals surface area contributed by atoms with Crippen molar-refractivity contribution in [2.75, 3.05) is 5.32 Å². The first-order valence-corrected chi connectivity index (χ1v) is 5.99. The Bertz CT molecular complexity index is 630. The summed E-state index contributed by atoms with van der Waals surface area (Å²) in [6, 6.07) is 16.0. The van der Waals surface area contributed by atoms with Crippen LogP contribution in [0.2, 0.25) is 0 Å². The second-order valence-corrected chi connectivity index (χ2v) is 4.54. The molecule has 3 aromatic rings. The fourth-order valence-electron chi connectivity index (χ4n) is 1.62. The molecule has 4 heteroatoms. The lowest BCUT2D eigenvalue weighted by molar-refractivity contribution is 0.623. The Morgan fingerprint density at radius 1 is 1.06 bits per heavy atom. The van der Waals surface area contributed by atoms with Gasteiger partial charge in [-0.05, 0) is 30.3 Å². The Morgan fingerprint density at radius 2 is 1.94 bits per heavy atom. The maximum absolute atomic E-state index is 5.57. The van der Waals surface area contributed by atoms with Crippen molar-refractivity contribution in [3.63, 3.8) is 0 Å². The third kappa shape index (κ3) is 2.17. The second-order valence-electron chi connectivity index (χ2n) is 3.62. The van der Waals surface area contributed by atoms with Gasteiger partial charge in [0.05, 0.1) is 0 Å². The quantitative estimate of drug-likeness (QED) is 0.763. The molecule has 0 bridgehead atoms. The van der Waals surface area contributed by atoms with E-state index in [9.17, 15) is 0 Å². The number of anilines is 2. The van der Waals surface area contributed by atoms with Crippen LogP contribution in [0.15, 0.2) is 57.4 Å². The van der Waals surface area contributed by atoms with Gasteiger partial charge in [0.15, 0.2) is 5.58 Å². The summed E-state index contributed by atoms with van der Waals surface area (Å²) < 4.78 is 6.59. The van der Waals surface area contributed by atoms with Gasteiger partial charge in [-0.2, -0.15) is 4.98 Å². The van der Waals surface area contributed by atoms with Crippen LogP contribution in [0.3, 0.4) is 0 Å². The highest BCUT2D eigenvalue weighted by molar-refractivity contribution is 9.10. The summed E-state index contributed by atoms with van der Waals surface area (Å²) in [5, 5.41) is 3.13. The van der Waals surface area contributed by atoms with Gasteiger partial charge in [-0.3, -0.25) is 0 Å². The topological polar surface area (TPSA) is 38.1 Å². The Kier molecular flexibility index (Phi) is 2.57. The lowest BCUT2D eigenvalue weighted by Gasteiger charge is -2.00. The van der Waals surface area contributed by atoms with Crippen LogP contribution in [0.5, 0.6) is 0 Å². The van der Waals surface area contributed by atoms with Gasteiger partial charge >= 0.3 is 0 Å². The highest BCUT2D eigenvalue weighted by atomic mass is 79.9. The number of fused-ring (bicyclic) bond motifs is 1. The van der Waals surface area contributed by atoms with Gasteiger partial charge in [0.25, 0.3) is 6.01 Å². The average molecular weight is 289 g/mol. The number of nitrogens with one attached hydrogen (secondary N) is 1. The van der Waals surface area contributed by atoms with Crippen molar-refractivity contribution in [1.29, 1.82) is 0 Å². The molecule has 17 heavy (non-hydrogen) atoms. The maximum atomic E-state index is 5.57. The molecule has 0 saturated heterocycles. The molecule has 2 aromatic carbocycles. The molecule has 3 rings (SSSR count). The standard InChI is InChI=1S/C13H9BrN2O/c14-9-4-3-5-10(8-9)15-13-16-11-6-1-2-7-12(11)17-13/h1-8H,(H,15,16). The van der Waals surface area contributed by atoms with Crippen molar-refractivity contribution in [2.24, 2.45) is 0 Å². The average Bonchev–Trinajstić information content (AvgIpc) is 2.71. The van der Waals surface area contributed by atoms with Crippen LogP contribution in [0, 0.1) is 0 Å². The molecular weight excluding hydrogens is 280 g/mol. The zero-order valence-corrected chi connectivity index (χ0v) is 10.4. The van der Waals surface area contributed by atoms with Gasteiger partial charge in [0, 0.05) is 10.2 Å². The molecule has 3 nitrogen and oxygen atoms in total. The van der Waals surface area contributed by atoms with Crippen molar-refractivity contribution in [2.45, 2.75) is 0 Å². The van der Waals surface area contributed by atoms with Crippen molar-refractivity contribution < 1.29 is 4.42 Å². The first kappa shape index (κ1) is 10.4. The number of para-hydroxylation sites is 2.